The van der Waals surface area contributed by atoms with Crippen LogP contribution in [0.1, 0.15) is 17.3 Å². The fraction of sp³-hybridized carbons (Fsp3) is 0.167. The number of fused-ring (bicyclic) bond motifs is 1. The van der Waals surface area contributed by atoms with Gasteiger partial charge in [0.15, 0.2) is 17.3 Å². The second-order valence-electron chi connectivity index (χ2n) is 11.1. The molecule has 0 bridgehead atoms. The van der Waals surface area contributed by atoms with E-state index in [1.807, 2.05) is 18.2 Å². The van der Waals surface area contributed by atoms with Crippen LogP contribution in [0.15, 0.2) is 102 Å². The van der Waals surface area contributed by atoms with Gasteiger partial charge in [-0.15, -0.1) is 0 Å². The van der Waals surface area contributed by atoms with Gasteiger partial charge in [-0.2, -0.15) is 5.10 Å². The molecule has 7 rings (SSSR count). The summed E-state index contributed by atoms with van der Waals surface area (Å²) in [5.74, 6) is -0.864. The summed E-state index contributed by atoms with van der Waals surface area (Å²) < 4.78 is 49.0. The lowest BCUT2D eigenvalue weighted by molar-refractivity contribution is 0.102. The number of anilines is 2. The SMILES string of the molecule is CCOc1ccn(-c2ccc(F)cc2)c(=O)c1C(=O)Nc1ccc(Oc2ccnn3ccc(-c4ccnc(N5CCOCC5)c4)c23)c(F)c1. The molecule has 0 radical (unpaired) electrons. The van der Waals surface area contributed by atoms with E-state index < -0.39 is 23.1 Å². The second kappa shape index (κ2) is 13.6. The first kappa shape index (κ1) is 31.5. The van der Waals surface area contributed by atoms with Gasteiger partial charge >= 0.3 is 0 Å². The topological polar surface area (TPSA) is 112 Å². The molecule has 2 aromatic carbocycles. The van der Waals surface area contributed by atoms with Crippen molar-refractivity contribution in [3.8, 4) is 34.1 Å². The first-order valence-electron chi connectivity index (χ1n) is 15.6. The van der Waals surface area contributed by atoms with Crippen LogP contribution in [0, 0.1) is 11.6 Å². The summed E-state index contributed by atoms with van der Waals surface area (Å²) >= 11 is 0. The average molecular weight is 665 g/mol. The molecule has 6 aromatic rings. The van der Waals surface area contributed by atoms with E-state index in [1.165, 1.54) is 53.2 Å². The molecule has 1 N–H and O–H groups in total. The van der Waals surface area contributed by atoms with Crippen LogP contribution in [0.5, 0.6) is 17.2 Å². The van der Waals surface area contributed by atoms with Gasteiger partial charge in [-0.1, -0.05) is 0 Å². The monoisotopic (exact) mass is 664 g/mol. The lowest BCUT2D eigenvalue weighted by atomic mass is 10.1. The number of morpholine rings is 1. The van der Waals surface area contributed by atoms with E-state index in [4.69, 9.17) is 14.2 Å². The molecule has 1 amide bonds. The summed E-state index contributed by atoms with van der Waals surface area (Å²) in [6.45, 7) is 4.66. The van der Waals surface area contributed by atoms with Gasteiger partial charge in [0.25, 0.3) is 11.5 Å². The number of aromatic nitrogens is 4. The van der Waals surface area contributed by atoms with Gasteiger partial charge in [-0.25, -0.2) is 18.3 Å². The van der Waals surface area contributed by atoms with Crippen molar-refractivity contribution in [2.24, 2.45) is 0 Å². The summed E-state index contributed by atoms with van der Waals surface area (Å²) in [6, 6.07) is 18.1. The van der Waals surface area contributed by atoms with Crippen LogP contribution in [0.2, 0.25) is 0 Å². The molecule has 49 heavy (non-hydrogen) atoms. The van der Waals surface area contributed by atoms with Crippen LogP contribution in [0.3, 0.4) is 0 Å². The number of pyridine rings is 2. The number of nitrogens with zero attached hydrogens (tertiary/aromatic N) is 5. The Balaban J connectivity index is 1.15. The van der Waals surface area contributed by atoms with Crippen LogP contribution in [0.4, 0.5) is 20.3 Å². The van der Waals surface area contributed by atoms with Gasteiger partial charge < -0.3 is 24.4 Å². The number of rotatable bonds is 9. The zero-order valence-electron chi connectivity index (χ0n) is 26.3. The fourth-order valence-corrected chi connectivity index (χ4v) is 5.66. The molecule has 0 unspecified atom stereocenters. The number of hydrogen-bond acceptors (Lipinski definition) is 8. The summed E-state index contributed by atoms with van der Waals surface area (Å²) in [5.41, 5.74) is 1.81. The Morgan fingerprint density at radius 1 is 0.918 bits per heavy atom. The lowest BCUT2D eigenvalue weighted by Crippen LogP contribution is -2.36. The lowest BCUT2D eigenvalue weighted by Gasteiger charge is -2.28. The van der Waals surface area contributed by atoms with Crippen molar-refractivity contribution in [1.29, 1.82) is 0 Å². The minimum absolute atomic E-state index is 0.0553. The predicted molar refractivity (Wildman–Crippen MR) is 179 cm³/mol. The first-order chi connectivity index (χ1) is 23.9. The van der Waals surface area contributed by atoms with E-state index in [0.29, 0.717) is 30.2 Å². The van der Waals surface area contributed by atoms with E-state index in [1.54, 1.807) is 36.1 Å². The zero-order chi connectivity index (χ0) is 33.9. The molecule has 0 aliphatic carbocycles. The van der Waals surface area contributed by atoms with Gasteiger partial charge in [0.1, 0.15) is 28.5 Å². The first-order valence-corrected chi connectivity index (χ1v) is 15.6. The highest BCUT2D eigenvalue weighted by Crippen LogP contribution is 2.36. The molecule has 4 aromatic heterocycles. The summed E-state index contributed by atoms with van der Waals surface area (Å²) in [5, 5.41) is 6.98. The van der Waals surface area contributed by atoms with Crippen LogP contribution in [-0.2, 0) is 4.74 Å². The van der Waals surface area contributed by atoms with Gasteiger partial charge in [0, 0.05) is 60.8 Å². The number of ether oxygens (including phenoxy) is 3. The van der Waals surface area contributed by atoms with Crippen molar-refractivity contribution in [3.05, 3.63) is 125 Å². The summed E-state index contributed by atoms with van der Waals surface area (Å²) in [7, 11) is 0. The van der Waals surface area contributed by atoms with E-state index in [-0.39, 0.29) is 29.4 Å². The Hall–Kier alpha value is -6.08. The van der Waals surface area contributed by atoms with Crippen molar-refractivity contribution < 1.29 is 27.8 Å². The van der Waals surface area contributed by atoms with Crippen LogP contribution < -0.4 is 25.2 Å². The number of nitrogens with one attached hydrogen (secondary N) is 1. The maximum Gasteiger partial charge on any atom is 0.271 e. The second-order valence-corrected chi connectivity index (χ2v) is 11.1. The molecule has 0 atom stereocenters. The van der Waals surface area contributed by atoms with Crippen molar-refractivity contribution in [1.82, 2.24) is 19.2 Å². The summed E-state index contributed by atoms with van der Waals surface area (Å²) in [4.78, 5) is 33.6. The van der Waals surface area contributed by atoms with Crippen molar-refractivity contribution in [3.63, 3.8) is 0 Å². The van der Waals surface area contributed by atoms with E-state index in [9.17, 15) is 14.0 Å². The molecule has 1 saturated heterocycles. The molecule has 5 heterocycles. The Morgan fingerprint density at radius 3 is 2.51 bits per heavy atom. The van der Waals surface area contributed by atoms with Crippen LogP contribution in [0.25, 0.3) is 22.3 Å². The Kier molecular flexibility index (Phi) is 8.73. The van der Waals surface area contributed by atoms with E-state index in [2.05, 4.69) is 20.3 Å². The molecule has 1 aliphatic rings. The highest BCUT2D eigenvalue weighted by atomic mass is 19.1. The largest absolute Gasteiger partial charge is 0.493 e. The Labute approximate surface area is 278 Å². The summed E-state index contributed by atoms with van der Waals surface area (Å²) in [6.07, 6.45) is 6.54. The molecular formula is C36H30F2N6O5. The number of carbonyl (C=O) groups is 1. The molecule has 0 saturated carbocycles. The fourth-order valence-electron chi connectivity index (χ4n) is 5.66. The third-order valence-corrected chi connectivity index (χ3v) is 8.00. The molecule has 248 valence electrons. The minimum Gasteiger partial charge on any atom is -0.493 e. The van der Waals surface area contributed by atoms with E-state index >= 15 is 4.39 Å². The zero-order valence-corrected chi connectivity index (χ0v) is 26.3. The van der Waals surface area contributed by atoms with Crippen molar-refractivity contribution in [2.75, 3.05) is 43.1 Å². The third kappa shape index (κ3) is 6.43. The molecule has 13 heteroatoms. The third-order valence-electron chi connectivity index (χ3n) is 8.00. The maximum absolute atomic E-state index is 15.6. The van der Waals surface area contributed by atoms with Crippen molar-refractivity contribution in [2.45, 2.75) is 6.92 Å². The van der Waals surface area contributed by atoms with Gasteiger partial charge in [-0.05, 0) is 73.2 Å². The predicted octanol–water partition coefficient (Wildman–Crippen LogP) is 6.11. The van der Waals surface area contributed by atoms with Gasteiger partial charge in [0.2, 0.25) is 0 Å². The maximum atomic E-state index is 15.6. The highest BCUT2D eigenvalue weighted by Gasteiger charge is 2.22. The molecule has 1 fully saturated rings. The molecule has 0 spiro atoms. The van der Waals surface area contributed by atoms with Gasteiger partial charge in [0.05, 0.1) is 26.0 Å². The Bertz CT molecular complexity index is 2210. The Morgan fingerprint density at radius 2 is 1.73 bits per heavy atom. The smallest absolute Gasteiger partial charge is 0.271 e. The number of carbonyl (C=O) groups excluding carboxylic acids is 1. The number of halogens is 2. The molecular weight excluding hydrogens is 634 g/mol. The van der Waals surface area contributed by atoms with E-state index in [0.717, 1.165) is 36.1 Å². The van der Waals surface area contributed by atoms with Crippen LogP contribution >= 0.6 is 0 Å². The normalized spacial score (nSPS) is 13.0. The number of hydrogen-bond donors (Lipinski definition) is 1. The molecule has 1 aliphatic heterocycles. The standard InChI is InChI=1S/C36H30F2N6O5/c1-2-48-30-12-15-43(26-6-3-24(37)4-7-26)36(46)33(30)35(45)41-25-5-8-29(28(38)22-25)49-31-10-14-40-44-16-11-27(34(31)44)23-9-13-39-32(21-23)42-17-19-47-20-18-42/h3-16,21-22H,2,17-20H2,1H3,(H,41,45). The molecule has 11 nitrogen and oxygen atoms in total. The minimum atomic E-state index is -0.805. The number of amides is 1. The number of benzene rings is 2. The quantitative estimate of drug-likeness (QED) is 0.197. The van der Waals surface area contributed by atoms with Crippen LogP contribution in [-0.4, -0.2) is 58.0 Å². The van der Waals surface area contributed by atoms with Crippen molar-refractivity contribution >= 4 is 22.9 Å². The van der Waals surface area contributed by atoms with Gasteiger partial charge in [-0.3, -0.25) is 14.2 Å². The average Bonchev–Trinajstić information content (AvgIpc) is 3.56. The highest BCUT2D eigenvalue weighted by molar-refractivity contribution is 6.06.